The maximum absolute atomic E-state index is 12.4. The Labute approximate surface area is 145 Å². The summed E-state index contributed by atoms with van der Waals surface area (Å²) in [5, 5.41) is 3.40. The molecule has 124 valence electrons. The molecule has 1 aliphatic rings. The summed E-state index contributed by atoms with van der Waals surface area (Å²) in [5.74, 6) is 0.0725. The fraction of sp³-hybridized carbons (Fsp3) is 0.222. The van der Waals surface area contributed by atoms with E-state index >= 15 is 0 Å². The second-order valence-corrected chi connectivity index (χ2v) is 6.12. The number of nitrogens with zero attached hydrogens (tertiary/aromatic N) is 1. The molecule has 3 rings (SSSR count). The van der Waals surface area contributed by atoms with Crippen LogP contribution in [0.1, 0.15) is 12.0 Å². The first-order chi connectivity index (χ1) is 11.5. The van der Waals surface area contributed by atoms with E-state index in [0.717, 1.165) is 5.56 Å². The number of rotatable bonds is 3. The first-order valence-electron chi connectivity index (χ1n) is 7.55. The fourth-order valence-corrected chi connectivity index (χ4v) is 2.86. The summed E-state index contributed by atoms with van der Waals surface area (Å²) in [6, 6.07) is 12.5. The third-order valence-electron chi connectivity index (χ3n) is 3.94. The number of halogens is 1. The number of carbonyl (C=O) groups is 2. The van der Waals surface area contributed by atoms with Crippen LogP contribution >= 0.6 is 11.6 Å². The van der Waals surface area contributed by atoms with E-state index in [0.29, 0.717) is 22.1 Å². The van der Waals surface area contributed by atoms with E-state index in [1.54, 1.807) is 37.4 Å². The number of fused-ring (bicyclic) bond motifs is 1. The van der Waals surface area contributed by atoms with Crippen LogP contribution < -0.4 is 15.0 Å². The summed E-state index contributed by atoms with van der Waals surface area (Å²) < 4.78 is 5.70. The summed E-state index contributed by atoms with van der Waals surface area (Å²) in [4.78, 5) is 26.2. The molecule has 0 saturated heterocycles. The van der Waals surface area contributed by atoms with Crippen LogP contribution in [0.15, 0.2) is 42.5 Å². The maximum Gasteiger partial charge on any atom is 0.268 e. The molecule has 2 aromatic carbocycles. The first kappa shape index (κ1) is 16.3. The highest BCUT2D eigenvalue weighted by Crippen LogP contribution is 2.33. The number of likely N-dealkylation sites (N-methyl/N-ethyl adjacent to an activating group) is 1. The van der Waals surface area contributed by atoms with Crippen molar-refractivity contribution in [3.8, 4) is 5.75 Å². The predicted molar refractivity (Wildman–Crippen MR) is 93.7 cm³/mol. The molecule has 0 radical (unpaired) electrons. The predicted octanol–water partition coefficient (Wildman–Crippen LogP) is 3.40. The van der Waals surface area contributed by atoms with E-state index in [2.05, 4.69) is 5.32 Å². The molecule has 0 aromatic heterocycles. The zero-order chi connectivity index (χ0) is 17.3. The van der Waals surface area contributed by atoms with E-state index in [9.17, 15) is 9.59 Å². The molecule has 1 unspecified atom stereocenters. The summed E-state index contributed by atoms with van der Waals surface area (Å²) in [6.07, 6.45) is -0.892. The summed E-state index contributed by atoms with van der Waals surface area (Å²) in [5.41, 5.74) is 2.23. The van der Waals surface area contributed by atoms with Crippen LogP contribution in [0.2, 0.25) is 5.02 Å². The third kappa shape index (κ3) is 3.21. The Bertz CT molecular complexity index is 807. The first-order valence-corrected chi connectivity index (χ1v) is 7.93. The van der Waals surface area contributed by atoms with Crippen LogP contribution in [0.5, 0.6) is 5.75 Å². The second kappa shape index (κ2) is 6.53. The fourth-order valence-electron chi connectivity index (χ4n) is 2.64. The number of hydrogen-bond donors (Lipinski definition) is 1. The van der Waals surface area contributed by atoms with Gasteiger partial charge in [0.25, 0.3) is 5.91 Å². The molecule has 2 aromatic rings. The van der Waals surface area contributed by atoms with Crippen molar-refractivity contribution in [2.45, 2.75) is 19.4 Å². The molecule has 6 heteroatoms. The Kier molecular flexibility index (Phi) is 4.44. The van der Waals surface area contributed by atoms with Crippen LogP contribution in [-0.4, -0.2) is 25.0 Å². The summed E-state index contributed by atoms with van der Waals surface area (Å²) in [7, 11) is 1.68. The lowest BCUT2D eigenvalue weighted by molar-refractivity contribution is -0.130. The lowest BCUT2D eigenvalue weighted by Gasteiger charge is -2.31. The zero-order valence-corrected chi connectivity index (χ0v) is 14.1. The lowest BCUT2D eigenvalue weighted by Crippen LogP contribution is -2.45. The Morgan fingerprint density at radius 2 is 2.04 bits per heavy atom. The van der Waals surface area contributed by atoms with Gasteiger partial charge in [-0.1, -0.05) is 23.7 Å². The van der Waals surface area contributed by atoms with Gasteiger partial charge in [0.1, 0.15) is 5.75 Å². The van der Waals surface area contributed by atoms with Crippen molar-refractivity contribution < 1.29 is 14.3 Å². The van der Waals surface area contributed by atoms with Gasteiger partial charge in [0.15, 0.2) is 6.10 Å². The van der Waals surface area contributed by atoms with Gasteiger partial charge in [-0.15, -0.1) is 0 Å². The zero-order valence-electron chi connectivity index (χ0n) is 13.4. The van der Waals surface area contributed by atoms with Gasteiger partial charge < -0.3 is 15.0 Å². The molecule has 2 amide bonds. The molecule has 1 heterocycles. The minimum absolute atomic E-state index is 0.0560. The van der Waals surface area contributed by atoms with E-state index in [1.165, 1.54) is 4.90 Å². The van der Waals surface area contributed by atoms with Gasteiger partial charge in [-0.05, 0) is 42.8 Å². The van der Waals surface area contributed by atoms with Crippen molar-refractivity contribution >= 4 is 34.8 Å². The molecule has 24 heavy (non-hydrogen) atoms. The van der Waals surface area contributed by atoms with E-state index in [4.69, 9.17) is 16.3 Å². The molecule has 1 aliphatic heterocycles. The van der Waals surface area contributed by atoms with Gasteiger partial charge in [-0.3, -0.25) is 9.59 Å². The van der Waals surface area contributed by atoms with Crippen molar-refractivity contribution in [1.82, 2.24) is 0 Å². The molecule has 0 aliphatic carbocycles. The molecule has 5 nitrogen and oxygen atoms in total. The van der Waals surface area contributed by atoms with E-state index in [-0.39, 0.29) is 18.2 Å². The number of ether oxygens (including phenoxy) is 1. The van der Waals surface area contributed by atoms with Gasteiger partial charge >= 0.3 is 0 Å². The van der Waals surface area contributed by atoms with Crippen LogP contribution in [0.4, 0.5) is 11.4 Å². The average molecular weight is 345 g/mol. The molecular formula is C18H17ClN2O3. The Balaban J connectivity index is 1.72. The number of carbonyl (C=O) groups excluding carboxylic acids is 2. The highest BCUT2D eigenvalue weighted by molar-refractivity contribution is 6.30. The smallest absolute Gasteiger partial charge is 0.268 e. The van der Waals surface area contributed by atoms with Gasteiger partial charge in [0, 0.05) is 17.8 Å². The van der Waals surface area contributed by atoms with Gasteiger partial charge in [-0.25, -0.2) is 0 Å². The number of para-hydroxylation sites is 2. The Hall–Kier alpha value is -2.53. The normalized spacial score (nSPS) is 16.4. The van der Waals surface area contributed by atoms with E-state index < -0.39 is 6.10 Å². The van der Waals surface area contributed by atoms with Crippen molar-refractivity contribution in [1.29, 1.82) is 0 Å². The van der Waals surface area contributed by atoms with Crippen molar-refractivity contribution in [2.24, 2.45) is 0 Å². The molecule has 1 atom stereocenters. The van der Waals surface area contributed by atoms with Gasteiger partial charge in [-0.2, -0.15) is 0 Å². The SMILES string of the molecule is Cc1cc(Cl)ccc1NC(=O)CC1Oc2ccccc2N(C)C1=O. The molecule has 1 N–H and O–H groups in total. The molecular weight excluding hydrogens is 328 g/mol. The number of nitrogens with one attached hydrogen (secondary N) is 1. The van der Waals surface area contributed by atoms with Crippen LogP contribution in [-0.2, 0) is 9.59 Å². The highest BCUT2D eigenvalue weighted by Gasteiger charge is 2.33. The van der Waals surface area contributed by atoms with Crippen LogP contribution in [0, 0.1) is 6.92 Å². The van der Waals surface area contributed by atoms with Crippen LogP contribution in [0.3, 0.4) is 0 Å². The average Bonchev–Trinajstić information content (AvgIpc) is 2.55. The number of benzene rings is 2. The molecule has 0 spiro atoms. The van der Waals surface area contributed by atoms with Gasteiger partial charge in [0.2, 0.25) is 5.91 Å². The standard InChI is InChI=1S/C18H17ClN2O3/c1-11-9-12(19)7-8-13(11)20-17(22)10-16-18(23)21(2)14-5-3-4-6-15(14)24-16/h3-9,16H,10H2,1-2H3,(H,20,22). The molecule has 0 bridgehead atoms. The van der Waals surface area contributed by atoms with Crippen molar-refractivity contribution in [3.63, 3.8) is 0 Å². The lowest BCUT2D eigenvalue weighted by atomic mass is 10.1. The highest BCUT2D eigenvalue weighted by atomic mass is 35.5. The van der Waals surface area contributed by atoms with E-state index in [1.807, 2.05) is 19.1 Å². The molecule has 0 saturated carbocycles. The monoisotopic (exact) mass is 344 g/mol. The second-order valence-electron chi connectivity index (χ2n) is 5.68. The maximum atomic E-state index is 12.4. The number of hydrogen-bond acceptors (Lipinski definition) is 3. The summed E-state index contributed by atoms with van der Waals surface area (Å²) in [6.45, 7) is 1.85. The number of amides is 2. The number of anilines is 2. The number of aryl methyl sites for hydroxylation is 1. The molecule has 0 fully saturated rings. The largest absolute Gasteiger partial charge is 0.478 e. The Morgan fingerprint density at radius 1 is 1.29 bits per heavy atom. The van der Waals surface area contributed by atoms with Gasteiger partial charge in [0.05, 0.1) is 12.1 Å². The van der Waals surface area contributed by atoms with Crippen LogP contribution in [0.25, 0.3) is 0 Å². The minimum atomic E-state index is -0.836. The Morgan fingerprint density at radius 3 is 2.79 bits per heavy atom. The quantitative estimate of drug-likeness (QED) is 0.928. The van der Waals surface area contributed by atoms with Crippen molar-refractivity contribution in [3.05, 3.63) is 53.1 Å². The third-order valence-corrected chi connectivity index (χ3v) is 4.17. The van der Waals surface area contributed by atoms with Crippen molar-refractivity contribution in [2.75, 3.05) is 17.3 Å². The summed E-state index contributed by atoms with van der Waals surface area (Å²) >= 11 is 5.91. The topological polar surface area (TPSA) is 58.6 Å². The minimum Gasteiger partial charge on any atom is -0.478 e.